The van der Waals surface area contributed by atoms with Gasteiger partial charge in [-0.1, -0.05) is 17.7 Å². The van der Waals surface area contributed by atoms with Crippen molar-refractivity contribution in [2.75, 3.05) is 0 Å². The van der Waals surface area contributed by atoms with Crippen LogP contribution in [-0.4, -0.2) is 9.78 Å². The van der Waals surface area contributed by atoms with Crippen molar-refractivity contribution in [1.29, 1.82) is 0 Å². The molecule has 2 aromatic rings. The lowest BCUT2D eigenvalue weighted by Crippen LogP contribution is -1.85. The molecule has 0 aliphatic heterocycles. The Balaban J connectivity index is 2.93. The Morgan fingerprint density at radius 1 is 1.42 bits per heavy atom. The number of aromatic nitrogens is 2. The third-order valence-electron chi connectivity index (χ3n) is 1.94. The molecule has 0 aliphatic rings. The molecule has 2 rings (SSSR count). The monoisotopic (exact) mass is 180 g/mol. The fourth-order valence-corrected chi connectivity index (χ4v) is 1.52. The molecule has 0 fully saturated rings. The van der Waals surface area contributed by atoms with Crippen LogP contribution in [0.3, 0.4) is 0 Å². The maximum Gasteiger partial charge on any atom is 0.0967 e. The summed E-state index contributed by atoms with van der Waals surface area (Å²) in [5.41, 5.74) is 2.15. The summed E-state index contributed by atoms with van der Waals surface area (Å²) in [7, 11) is 1.90. The molecule has 0 saturated carbocycles. The van der Waals surface area contributed by atoms with Crippen LogP contribution in [0.25, 0.3) is 10.9 Å². The standard InChI is InChI=1S/C9H9ClN2/c1-6-3-4-8(10)7-5-12(2)11-9(6)7/h3-5H,1-2H3. The van der Waals surface area contributed by atoms with Crippen molar-refractivity contribution in [3.63, 3.8) is 0 Å². The van der Waals surface area contributed by atoms with Crippen molar-refractivity contribution in [1.82, 2.24) is 9.78 Å². The molecule has 0 spiro atoms. The highest BCUT2D eigenvalue weighted by molar-refractivity contribution is 6.35. The smallest absolute Gasteiger partial charge is 0.0967 e. The summed E-state index contributed by atoms with van der Waals surface area (Å²) in [5.74, 6) is 0. The molecule has 0 N–H and O–H groups in total. The number of hydrogen-bond donors (Lipinski definition) is 0. The van der Waals surface area contributed by atoms with Crippen LogP contribution in [0.1, 0.15) is 5.56 Å². The Hall–Kier alpha value is -1.02. The van der Waals surface area contributed by atoms with Crippen LogP contribution in [0.15, 0.2) is 18.3 Å². The molecular weight excluding hydrogens is 172 g/mol. The normalized spacial score (nSPS) is 10.9. The summed E-state index contributed by atoms with van der Waals surface area (Å²) in [6, 6.07) is 3.89. The van der Waals surface area contributed by atoms with Crippen molar-refractivity contribution in [2.45, 2.75) is 6.92 Å². The van der Waals surface area contributed by atoms with Crippen LogP contribution in [0.5, 0.6) is 0 Å². The van der Waals surface area contributed by atoms with Crippen molar-refractivity contribution in [3.05, 3.63) is 28.9 Å². The second-order valence-corrected chi connectivity index (χ2v) is 3.34. The molecule has 1 heterocycles. The summed E-state index contributed by atoms with van der Waals surface area (Å²) in [5, 5.41) is 6.10. The van der Waals surface area contributed by atoms with Crippen LogP contribution < -0.4 is 0 Å². The molecule has 3 heteroatoms. The molecule has 2 nitrogen and oxygen atoms in total. The average molecular weight is 181 g/mol. The van der Waals surface area contributed by atoms with Crippen LogP contribution >= 0.6 is 11.6 Å². The molecule has 0 amide bonds. The van der Waals surface area contributed by atoms with E-state index >= 15 is 0 Å². The highest BCUT2D eigenvalue weighted by atomic mass is 35.5. The van der Waals surface area contributed by atoms with Gasteiger partial charge in [-0.05, 0) is 18.6 Å². The lowest BCUT2D eigenvalue weighted by atomic mass is 10.2. The predicted octanol–water partition coefficient (Wildman–Crippen LogP) is 2.54. The van der Waals surface area contributed by atoms with Gasteiger partial charge in [0.05, 0.1) is 10.5 Å². The average Bonchev–Trinajstić information content (AvgIpc) is 2.41. The van der Waals surface area contributed by atoms with Gasteiger partial charge in [0, 0.05) is 18.6 Å². The molecule has 0 saturated heterocycles. The molecule has 1 aromatic heterocycles. The predicted molar refractivity (Wildman–Crippen MR) is 50.5 cm³/mol. The van der Waals surface area contributed by atoms with E-state index in [9.17, 15) is 0 Å². The Morgan fingerprint density at radius 2 is 2.17 bits per heavy atom. The van der Waals surface area contributed by atoms with Gasteiger partial charge in [-0.2, -0.15) is 5.10 Å². The molecule has 0 aliphatic carbocycles. The SMILES string of the molecule is Cc1ccc(Cl)c2cn(C)nc12. The summed E-state index contributed by atoms with van der Waals surface area (Å²) in [4.78, 5) is 0. The zero-order valence-corrected chi connectivity index (χ0v) is 7.76. The summed E-state index contributed by atoms with van der Waals surface area (Å²) < 4.78 is 1.78. The summed E-state index contributed by atoms with van der Waals surface area (Å²) in [6.07, 6.45) is 1.94. The van der Waals surface area contributed by atoms with E-state index in [-0.39, 0.29) is 0 Å². The van der Waals surface area contributed by atoms with E-state index in [0.29, 0.717) is 0 Å². The van der Waals surface area contributed by atoms with Gasteiger partial charge in [-0.25, -0.2) is 0 Å². The molecule has 62 valence electrons. The highest BCUT2D eigenvalue weighted by Crippen LogP contribution is 2.24. The third-order valence-corrected chi connectivity index (χ3v) is 2.27. The molecule has 1 aromatic carbocycles. The number of aryl methyl sites for hydroxylation is 2. The lowest BCUT2D eigenvalue weighted by Gasteiger charge is -1.94. The number of nitrogens with zero attached hydrogens (tertiary/aromatic N) is 2. The van der Waals surface area contributed by atoms with Gasteiger partial charge < -0.3 is 0 Å². The molecule has 0 atom stereocenters. The first-order valence-corrected chi connectivity index (χ1v) is 4.15. The molecule has 0 unspecified atom stereocenters. The Morgan fingerprint density at radius 3 is 2.83 bits per heavy atom. The van der Waals surface area contributed by atoms with E-state index in [1.54, 1.807) is 4.68 Å². The van der Waals surface area contributed by atoms with Crippen LogP contribution in [0.4, 0.5) is 0 Å². The van der Waals surface area contributed by atoms with Crippen LogP contribution in [0, 0.1) is 6.92 Å². The van der Waals surface area contributed by atoms with E-state index < -0.39 is 0 Å². The van der Waals surface area contributed by atoms with E-state index in [4.69, 9.17) is 11.6 Å². The Bertz CT molecular complexity index is 392. The molecule has 0 radical (unpaired) electrons. The Kier molecular flexibility index (Phi) is 1.58. The van der Waals surface area contributed by atoms with Crippen molar-refractivity contribution >= 4 is 22.5 Å². The molecular formula is C9H9ClN2. The minimum Gasteiger partial charge on any atom is -0.275 e. The van der Waals surface area contributed by atoms with Gasteiger partial charge in [0.25, 0.3) is 0 Å². The van der Waals surface area contributed by atoms with E-state index in [2.05, 4.69) is 5.10 Å². The maximum absolute atomic E-state index is 5.99. The van der Waals surface area contributed by atoms with E-state index in [0.717, 1.165) is 21.5 Å². The van der Waals surface area contributed by atoms with Gasteiger partial charge in [0.15, 0.2) is 0 Å². The van der Waals surface area contributed by atoms with E-state index in [1.807, 2.05) is 32.3 Å². The van der Waals surface area contributed by atoms with Crippen LogP contribution in [-0.2, 0) is 7.05 Å². The van der Waals surface area contributed by atoms with Gasteiger partial charge in [0.1, 0.15) is 0 Å². The summed E-state index contributed by atoms with van der Waals surface area (Å²) >= 11 is 5.99. The number of hydrogen-bond acceptors (Lipinski definition) is 1. The number of halogens is 1. The first-order chi connectivity index (χ1) is 5.68. The van der Waals surface area contributed by atoms with Gasteiger partial charge in [-0.3, -0.25) is 4.68 Å². The molecule has 0 bridgehead atoms. The van der Waals surface area contributed by atoms with Crippen molar-refractivity contribution in [3.8, 4) is 0 Å². The van der Waals surface area contributed by atoms with Crippen LogP contribution in [0.2, 0.25) is 5.02 Å². The molecule has 12 heavy (non-hydrogen) atoms. The number of benzene rings is 1. The summed E-state index contributed by atoms with van der Waals surface area (Å²) in [6.45, 7) is 2.03. The third kappa shape index (κ3) is 0.994. The van der Waals surface area contributed by atoms with Gasteiger partial charge in [0.2, 0.25) is 0 Å². The largest absolute Gasteiger partial charge is 0.275 e. The zero-order chi connectivity index (χ0) is 8.72. The van der Waals surface area contributed by atoms with E-state index in [1.165, 1.54) is 0 Å². The minimum atomic E-state index is 0.767. The number of rotatable bonds is 0. The first-order valence-electron chi connectivity index (χ1n) is 3.77. The minimum absolute atomic E-state index is 0.767. The fourth-order valence-electron chi connectivity index (χ4n) is 1.32. The fraction of sp³-hybridized carbons (Fsp3) is 0.222. The van der Waals surface area contributed by atoms with Crippen molar-refractivity contribution in [2.24, 2.45) is 7.05 Å². The maximum atomic E-state index is 5.99. The van der Waals surface area contributed by atoms with Gasteiger partial charge >= 0.3 is 0 Å². The van der Waals surface area contributed by atoms with Gasteiger partial charge in [-0.15, -0.1) is 0 Å². The first kappa shape index (κ1) is 7.62. The number of fused-ring (bicyclic) bond motifs is 1. The second kappa shape index (κ2) is 2.49. The second-order valence-electron chi connectivity index (χ2n) is 2.93. The highest BCUT2D eigenvalue weighted by Gasteiger charge is 2.04. The topological polar surface area (TPSA) is 17.8 Å². The van der Waals surface area contributed by atoms with Crippen molar-refractivity contribution < 1.29 is 0 Å². The Labute approximate surface area is 75.8 Å². The zero-order valence-electron chi connectivity index (χ0n) is 7.00. The quantitative estimate of drug-likeness (QED) is 0.609. The lowest BCUT2D eigenvalue weighted by molar-refractivity contribution is 0.779.